The number of benzene rings is 3. The van der Waals surface area contributed by atoms with E-state index in [9.17, 15) is 14.4 Å². The average Bonchev–Trinajstić information content (AvgIpc) is 1.54. The molecule has 9 aliphatic carbocycles. The van der Waals surface area contributed by atoms with Gasteiger partial charge in [-0.3, -0.25) is 24.2 Å². The summed E-state index contributed by atoms with van der Waals surface area (Å²) in [7, 11) is 23.3. The molecule has 6 spiro atoms. The van der Waals surface area contributed by atoms with Gasteiger partial charge in [-0.15, -0.1) is 17.0 Å². The Morgan fingerprint density at radius 2 is 0.914 bits per heavy atom. The Kier molecular flexibility index (Phi) is 27.6. The van der Waals surface area contributed by atoms with Crippen molar-refractivity contribution in [3.63, 3.8) is 0 Å². The van der Waals surface area contributed by atoms with Crippen LogP contribution >= 0.6 is 56.9 Å². The van der Waals surface area contributed by atoms with Gasteiger partial charge in [0, 0.05) is 122 Å². The molecule has 3 amide bonds. The van der Waals surface area contributed by atoms with Gasteiger partial charge in [-0.1, -0.05) is 81.4 Å². The summed E-state index contributed by atoms with van der Waals surface area (Å²) in [5.74, 6) is 23.3. The zero-order valence-corrected chi connectivity index (χ0v) is 69.4. The minimum Gasteiger partial charge on any atom is -0.381 e. The maximum atomic E-state index is 14.7. The van der Waals surface area contributed by atoms with Crippen molar-refractivity contribution in [2.24, 2.45) is 55.5 Å². The number of ether oxygens (including phenoxy) is 3. The van der Waals surface area contributed by atoms with Crippen LogP contribution in [0, 0.1) is 69.5 Å². The molecule has 22 heteroatoms. The number of alkyl halides is 1. The van der Waals surface area contributed by atoms with Gasteiger partial charge in [-0.25, -0.2) is 9.98 Å². The molecule has 15 rings (SSSR count). The van der Waals surface area contributed by atoms with Crippen LogP contribution in [-0.4, -0.2) is 217 Å². The Morgan fingerprint density at radius 1 is 0.543 bits per heavy atom. The fourth-order valence-electron chi connectivity index (χ4n) is 17.6. The number of guanidine groups is 1. The monoisotopic (exact) mass is 1600 g/mol. The van der Waals surface area contributed by atoms with E-state index in [4.69, 9.17) is 42.1 Å². The van der Waals surface area contributed by atoms with Gasteiger partial charge in [0.05, 0.1) is 18.3 Å². The number of amides is 3. The summed E-state index contributed by atoms with van der Waals surface area (Å²) in [5, 5.41) is 8.70. The zero-order chi connectivity index (χ0) is 74.4. The predicted octanol–water partition coefficient (Wildman–Crippen LogP) is 10.2. The van der Waals surface area contributed by atoms with E-state index in [1.165, 1.54) is 62.3 Å². The van der Waals surface area contributed by atoms with Gasteiger partial charge >= 0.3 is 0 Å². The van der Waals surface area contributed by atoms with Gasteiger partial charge in [0.2, 0.25) is 0 Å². The number of hydrogen-bond acceptors (Lipinski definition) is 16. The third kappa shape index (κ3) is 17.2. The highest BCUT2D eigenvalue weighted by Crippen LogP contribution is 2.65. The number of thiocarbonyl (C=S) groups is 1. The number of halogens is 2. The SMILES string of the molecule is Br.CN.CN(C)CCBr.COC1CCC2(CC1)Cc1ccc(C#CC3CC3)cc1C21N=C(N)N(CCN(C)C)C1=O.COC1CCC2(CC1)Cc1ccc(C#CC3CC3)cc1C21N=C(SCCN(C)C)N(CCN(C)C)C1=O.COC1CCC2(CC1)Cc1ccc(C#CC3CC3)cc1C21NC(=S)NC1=O. The maximum Gasteiger partial charge on any atom is 0.262 e. The van der Waals surface area contributed by atoms with Gasteiger partial charge < -0.3 is 55.9 Å². The predicted molar refractivity (Wildman–Crippen MR) is 437 cm³/mol. The Morgan fingerprint density at radius 3 is 1.29 bits per heavy atom. The van der Waals surface area contributed by atoms with Crippen molar-refractivity contribution >= 4 is 90.9 Å². The normalized spacial score (nSPS) is 29.1. The number of rotatable bonds is 14. The number of amidine groups is 1. The van der Waals surface area contributed by atoms with E-state index in [1.807, 2.05) is 26.1 Å². The molecule has 570 valence electrons. The molecule has 6 saturated carbocycles. The lowest BCUT2D eigenvalue weighted by Crippen LogP contribution is -2.56. The van der Waals surface area contributed by atoms with Crippen LogP contribution in [-0.2, 0) is 64.5 Å². The van der Waals surface area contributed by atoms with E-state index in [-0.39, 0.29) is 69.3 Å². The minimum absolute atomic E-state index is 0. The van der Waals surface area contributed by atoms with Crippen LogP contribution < -0.4 is 22.1 Å². The standard InChI is InChI=1S/C30H42N4O2S.C26H34N4O2.C22H24N2O2S.C4H10BrN.CH5N.BrH/c1-32(2)16-17-34-27(35)30(31-28(34)37-19-18-33(3)4)26-20-23(9-8-22-6-7-22)10-11-24(26)21-29(30)14-12-25(36-5)13-15-29;1-29(2)14-15-30-23(31)26(28-24(30)27)22-16-19(7-6-18-4-5-18)8-9-20(22)17-25(26)12-10-21(32-3)11-13-25;1-26-17-8-10-21(11-9-17)13-16-7-6-15(5-4-14-2-3-14)12-18(16)22(21)19(25)23-20(27)24-22;1-6(2)4-3-5;1-2;/h10-11,20,22,25H,6-7,12-19,21H2,1-5H3;8-9,16,18,21H,4-5,10-15,17H2,1-3H3,(H2,27,28);6-7,12,14,17H,2-3,8-11,13H2,1H3,(H2,23,24,25,27);3-4H2,1-2H3;2H2,1H3;1H. The summed E-state index contributed by atoms with van der Waals surface area (Å²) in [6.07, 6.45) is 22.1. The molecule has 3 unspecified atom stereocenters. The van der Waals surface area contributed by atoms with Gasteiger partial charge in [0.1, 0.15) is 0 Å². The van der Waals surface area contributed by atoms with E-state index in [0.717, 1.165) is 172 Å². The number of hydrogen-bond donors (Lipinski definition) is 4. The topological polar surface area (TPSA) is 199 Å². The number of likely N-dealkylation sites (N-methyl/N-ethyl adjacent to an activating group) is 2. The highest BCUT2D eigenvalue weighted by molar-refractivity contribution is 9.09. The van der Waals surface area contributed by atoms with Crippen LogP contribution in [0.1, 0.15) is 166 Å². The Bertz CT molecular complexity index is 3890. The molecule has 105 heavy (non-hydrogen) atoms. The van der Waals surface area contributed by atoms with Gasteiger partial charge in [-0.2, -0.15) is 0 Å². The first kappa shape index (κ1) is 82.3. The first-order chi connectivity index (χ1) is 50.0. The number of nitrogens with one attached hydrogen (secondary N) is 2. The first-order valence-corrected chi connectivity index (χ1v) is 40.6. The van der Waals surface area contributed by atoms with E-state index in [0.29, 0.717) is 41.9 Å². The second-order valence-electron chi connectivity index (χ2n) is 32.0. The molecule has 0 bridgehead atoms. The summed E-state index contributed by atoms with van der Waals surface area (Å²) >= 11 is 10.4. The molecular formula is C83H116Br2N12O6S2. The van der Waals surface area contributed by atoms with E-state index < -0.39 is 16.6 Å². The number of fused-ring (bicyclic) bond motifs is 9. The maximum absolute atomic E-state index is 14.7. The van der Waals surface area contributed by atoms with Crippen molar-refractivity contribution in [3.05, 3.63) is 105 Å². The van der Waals surface area contributed by atoms with E-state index >= 15 is 0 Å². The van der Waals surface area contributed by atoms with Crippen molar-refractivity contribution < 1.29 is 28.6 Å². The molecule has 3 atom stereocenters. The number of aliphatic imine (C=N–C) groups is 2. The summed E-state index contributed by atoms with van der Waals surface area (Å²) < 4.78 is 17.0. The number of carbonyl (C=O) groups is 3. The molecule has 6 N–H and O–H groups in total. The van der Waals surface area contributed by atoms with Crippen molar-refractivity contribution in [2.75, 3.05) is 135 Å². The molecule has 3 heterocycles. The minimum atomic E-state index is -0.936. The largest absolute Gasteiger partial charge is 0.381 e. The van der Waals surface area contributed by atoms with Crippen LogP contribution in [0.25, 0.3) is 0 Å². The average molecular weight is 1600 g/mol. The van der Waals surface area contributed by atoms with Crippen molar-refractivity contribution in [1.29, 1.82) is 0 Å². The highest BCUT2D eigenvalue weighted by atomic mass is 79.9. The van der Waals surface area contributed by atoms with Gasteiger partial charge in [-0.05, 0) is 280 Å². The first-order valence-electron chi connectivity index (χ1n) is 38.1. The summed E-state index contributed by atoms with van der Waals surface area (Å²) in [4.78, 5) is 64.9. The van der Waals surface area contributed by atoms with Crippen LogP contribution in [0.15, 0.2) is 64.6 Å². The number of methoxy groups -OCH3 is 3. The Hall–Kier alpha value is -5.23. The lowest BCUT2D eigenvalue weighted by molar-refractivity contribution is -0.139. The number of thioether (sulfide) groups is 1. The lowest BCUT2D eigenvalue weighted by atomic mass is 9.61. The third-order valence-electron chi connectivity index (χ3n) is 24.0. The van der Waals surface area contributed by atoms with Crippen molar-refractivity contribution in [3.8, 4) is 35.5 Å². The van der Waals surface area contributed by atoms with Gasteiger partial charge in [0.15, 0.2) is 32.9 Å². The number of nitrogens with zero attached hydrogens (tertiary/aromatic N) is 8. The Labute approximate surface area is 655 Å². The highest BCUT2D eigenvalue weighted by Gasteiger charge is 2.69. The molecule has 7 fully saturated rings. The van der Waals surface area contributed by atoms with Crippen LogP contribution in [0.3, 0.4) is 0 Å². The quantitative estimate of drug-likeness (QED) is 0.0675. The number of nitrogens with two attached hydrogens (primary N) is 2. The van der Waals surface area contributed by atoms with Crippen molar-refractivity contribution in [1.82, 2.24) is 40.0 Å². The summed E-state index contributed by atoms with van der Waals surface area (Å²) in [5.41, 5.74) is 17.7. The smallest absolute Gasteiger partial charge is 0.262 e. The fraction of sp³-hybridized carbons (Fsp3) is 0.639. The zero-order valence-electron chi connectivity index (χ0n) is 64.5. The van der Waals surface area contributed by atoms with Crippen molar-refractivity contribution in [2.45, 2.75) is 170 Å². The number of carbonyl (C=O) groups excluding carboxylic acids is 3. The summed E-state index contributed by atoms with van der Waals surface area (Å²) in [6, 6.07) is 19.4. The van der Waals surface area contributed by atoms with E-state index in [2.05, 4.69) is 184 Å². The second kappa shape index (κ2) is 35.2. The van der Waals surface area contributed by atoms with Gasteiger partial charge in [0.25, 0.3) is 17.7 Å². The molecule has 1 saturated heterocycles. The Balaban J connectivity index is 0.000000161. The van der Waals surface area contributed by atoms with Crippen LogP contribution in [0.5, 0.6) is 0 Å². The summed E-state index contributed by atoms with van der Waals surface area (Å²) in [6.45, 7) is 4.85. The fourth-order valence-corrected chi connectivity index (χ4v) is 19.7. The molecule has 3 aromatic carbocycles. The van der Waals surface area contributed by atoms with E-state index in [1.54, 1.807) is 30.9 Å². The van der Waals surface area contributed by atoms with Crippen LogP contribution in [0.2, 0.25) is 0 Å². The molecule has 18 nitrogen and oxygen atoms in total. The lowest BCUT2D eigenvalue weighted by Gasteiger charge is -2.46. The molecule has 3 aromatic rings. The molecule has 0 aromatic heterocycles. The second-order valence-corrected chi connectivity index (χ2v) is 34.3. The third-order valence-corrected chi connectivity index (χ3v) is 25.5. The van der Waals surface area contributed by atoms with Crippen LogP contribution in [0.4, 0.5) is 0 Å². The molecule has 0 radical (unpaired) electrons. The molecule has 3 aliphatic heterocycles. The molecule has 12 aliphatic rings. The molecular weight excluding hydrogens is 1480 g/mol.